The first-order valence-corrected chi connectivity index (χ1v) is 10.9. The minimum Gasteiger partial charge on any atom is -0.485 e. The summed E-state index contributed by atoms with van der Waals surface area (Å²) in [6.45, 7) is 4.49. The Kier molecular flexibility index (Phi) is 5.46. The van der Waals surface area contributed by atoms with E-state index in [0.717, 1.165) is 0 Å². The summed E-state index contributed by atoms with van der Waals surface area (Å²) >= 11 is 0. The second-order valence-corrected chi connectivity index (χ2v) is 9.11. The average Bonchev–Trinajstić information content (AvgIpc) is 2.73. The fraction of sp³-hybridized carbons (Fsp3) is 0.611. The number of piperazine rings is 1. The van der Waals surface area contributed by atoms with Gasteiger partial charge in [0.2, 0.25) is 16.1 Å². The van der Waals surface area contributed by atoms with E-state index in [9.17, 15) is 13.2 Å². The second kappa shape index (κ2) is 7.86. The monoisotopic (exact) mass is 411 g/mol. The molecule has 10 heteroatoms. The highest BCUT2D eigenvalue weighted by molar-refractivity contribution is 7.89. The third-order valence-electron chi connectivity index (χ3n) is 5.27. The molecule has 0 aromatic heterocycles. The van der Waals surface area contributed by atoms with Crippen LogP contribution in [0.3, 0.4) is 0 Å². The normalized spacial score (nSPS) is 24.2. The van der Waals surface area contributed by atoms with E-state index in [4.69, 9.17) is 14.2 Å². The van der Waals surface area contributed by atoms with Crippen LogP contribution in [0.5, 0.6) is 11.5 Å². The van der Waals surface area contributed by atoms with Crippen LogP contribution in [-0.4, -0.2) is 101 Å². The molecule has 0 saturated carbocycles. The van der Waals surface area contributed by atoms with Crippen molar-refractivity contribution in [2.75, 3.05) is 66.1 Å². The van der Waals surface area contributed by atoms with Crippen LogP contribution in [0, 0.1) is 0 Å². The van der Waals surface area contributed by atoms with Gasteiger partial charge in [0.25, 0.3) is 5.91 Å². The highest BCUT2D eigenvalue weighted by atomic mass is 32.2. The predicted octanol–water partition coefficient (Wildman–Crippen LogP) is -0.379. The van der Waals surface area contributed by atoms with Gasteiger partial charge >= 0.3 is 0 Å². The molecule has 0 bridgehead atoms. The second-order valence-electron chi connectivity index (χ2n) is 7.17. The van der Waals surface area contributed by atoms with E-state index in [1.165, 1.54) is 16.4 Å². The highest BCUT2D eigenvalue weighted by Gasteiger charge is 2.34. The fourth-order valence-electron chi connectivity index (χ4n) is 3.50. The molecule has 0 aliphatic carbocycles. The molecular formula is C18H25N3O6S. The van der Waals surface area contributed by atoms with E-state index in [-0.39, 0.29) is 17.4 Å². The van der Waals surface area contributed by atoms with Crippen LogP contribution >= 0.6 is 0 Å². The lowest BCUT2D eigenvalue weighted by molar-refractivity contribution is -0.145. The zero-order chi connectivity index (χ0) is 19.7. The third-order valence-corrected chi connectivity index (χ3v) is 7.17. The fourth-order valence-corrected chi connectivity index (χ4v) is 4.94. The van der Waals surface area contributed by atoms with Crippen molar-refractivity contribution in [3.05, 3.63) is 18.2 Å². The van der Waals surface area contributed by atoms with Gasteiger partial charge in [0.05, 0.1) is 18.1 Å². The maximum Gasteiger partial charge on any atom is 0.267 e. The lowest BCUT2D eigenvalue weighted by atomic mass is 10.2. The number of benzene rings is 1. The standard InChI is InChI=1S/C18H25N3O6S/c1-19-4-6-21(7-5-19)28(23,24)14-2-3-15-16(12-14)26-13-17(27-15)18(22)20-8-10-25-11-9-20/h2-3,12,17H,4-11,13H2,1H3. The van der Waals surface area contributed by atoms with Gasteiger partial charge in [-0.05, 0) is 19.2 Å². The first kappa shape index (κ1) is 19.4. The number of fused-ring (bicyclic) bond motifs is 1. The maximum atomic E-state index is 12.9. The van der Waals surface area contributed by atoms with Crippen LogP contribution in [0.15, 0.2) is 23.1 Å². The molecule has 2 saturated heterocycles. The molecular weight excluding hydrogens is 386 g/mol. The Bertz CT molecular complexity index is 832. The van der Waals surface area contributed by atoms with E-state index >= 15 is 0 Å². The van der Waals surface area contributed by atoms with Crippen molar-refractivity contribution in [3.63, 3.8) is 0 Å². The van der Waals surface area contributed by atoms with Crippen molar-refractivity contribution in [3.8, 4) is 11.5 Å². The van der Waals surface area contributed by atoms with Gasteiger partial charge in [-0.2, -0.15) is 4.31 Å². The van der Waals surface area contributed by atoms with E-state index in [1.807, 2.05) is 7.05 Å². The van der Waals surface area contributed by atoms with Crippen LogP contribution in [-0.2, 0) is 19.6 Å². The Balaban J connectivity index is 1.47. The molecule has 0 radical (unpaired) electrons. The van der Waals surface area contributed by atoms with Gasteiger partial charge in [-0.25, -0.2) is 8.42 Å². The summed E-state index contributed by atoms with van der Waals surface area (Å²) in [5.74, 6) is 0.597. The van der Waals surface area contributed by atoms with Crippen molar-refractivity contribution in [2.45, 2.75) is 11.0 Å². The molecule has 4 rings (SSSR count). The molecule has 9 nitrogen and oxygen atoms in total. The number of carbonyl (C=O) groups is 1. The zero-order valence-electron chi connectivity index (χ0n) is 15.9. The molecule has 28 heavy (non-hydrogen) atoms. The van der Waals surface area contributed by atoms with Gasteiger partial charge in [0, 0.05) is 45.3 Å². The van der Waals surface area contributed by atoms with Crippen molar-refractivity contribution in [2.24, 2.45) is 0 Å². The summed E-state index contributed by atoms with van der Waals surface area (Å²) in [6.07, 6.45) is -0.731. The molecule has 0 N–H and O–H groups in total. The molecule has 3 heterocycles. The topological polar surface area (TPSA) is 88.6 Å². The third kappa shape index (κ3) is 3.82. The molecule has 154 valence electrons. The number of carbonyl (C=O) groups excluding carboxylic acids is 1. The summed E-state index contributed by atoms with van der Waals surface area (Å²) in [6, 6.07) is 4.56. The number of hydrogen-bond donors (Lipinski definition) is 0. The highest BCUT2D eigenvalue weighted by Crippen LogP contribution is 2.35. The number of sulfonamides is 1. The maximum absolute atomic E-state index is 12.9. The van der Waals surface area contributed by atoms with Gasteiger partial charge in [0.15, 0.2) is 11.5 Å². The van der Waals surface area contributed by atoms with Crippen molar-refractivity contribution < 1.29 is 27.4 Å². The van der Waals surface area contributed by atoms with Crippen LogP contribution in [0.1, 0.15) is 0 Å². The van der Waals surface area contributed by atoms with Gasteiger partial charge in [0.1, 0.15) is 6.61 Å². The zero-order valence-corrected chi connectivity index (χ0v) is 16.7. The summed E-state index contributed by atoms with van der Waals surface area (Å²) in [7, 11) is -1.61. The Morgan fingerprint density at radius 1 is 1.04 bits per heavy atom. The van der Waals surface area contributed by atoms with Gasteiger partial charge in [-0.3, -0.25) is 4.79 Å². The van der Waals surface area contributed by atoms with E-state index in [1.54, 1.807) is 11.0 Å². The Morgan fingerprint density at radius 2 is 1.75 bits per heavy atom. The molecule has 1 unspecified atom stereocenters. The van der Waals surface area contributed by atoms with Crippen LogP contribution in [0.4, 0.5) is 0 Å². The lowest BCUT2D eigenvalue weighted by Gasteiger charge is -2.33. The number of nitrogens with zero attached hydrogens (tertiary/aromatic N) is 3. The number of morpholine rings is 1. The molecule has 1 aromatic carbocycles. The first-order chi connectivity index (χ1) is 13.4. The first-order valence-electron chi connectivity index (χ1n) is 9.44. The lowest BCUT2D eigenvalue weighted by Crippen LogP contribution is -2.50. The van der Waals surface area contributed by atoms with Gasteiger partial charge in [-0.15, -0.1) is 0 Å². The Morgan fingerprint density at radius 3 is 2.46 bits per heavy atom. The van der Waals surface area contributed by atoms with Crippen LogP contribution in [0.25, 0.3) is 0 Å². The Hall–Kier alpha value is -1.88. The number of likely N-dealkylation sites (N-methyl/N-ethyl adjacent to an activating group) is 1. The number of amides is 1. The summed E-state index contributed by atoms with van der Waals surface area (Å²) < 4.78 is 44.0. The summed E-state index contributed by atoms with van der Waals surface area (Å²) in [4.78, 5) is 16.6. The van der Waals surface area contributed by atoms with E-state index < -0.39 is 16.1 Å². The van der Waals surface area contributed by atoms with E-state index in [0.29, 0.717) is 64.0 Å². The molecule has 1 aromatic rings. The smallest absolute Gasteiger partial charge is 0.267 e. The van der Waals surface area contributed by atoms with Crippen molar-refractivity contribution in [1.29, 1.82) is 0 Å². The van der Waals surface area contributed by atoms with Gasteiger partial charge in [-0.1, -0.05) is 0 Å². The van der Waals surface area contributed by atoms with Crippen LogP contribution < -0.4 is 9.47 Å². The molecule has 0 spiro atoms. The minimum absolute atomic E-state index is 0.0567. The SMILES string of the molecule is CN1CCN(S(=O)(=O)c2ccc3c(c2)OCC(C(=O)N2CCOCC2)O3)CC1. The number of rotatable bonds is 3. The van der Waals surface area contributed by atoms with Gasteiger partial charge < -0.3 is 24.0 Å². The predicted molar refractivity (Wildman–Crippen MR) is 100 cm³/mol. The van der Waals surface area contributed by atoms with E-state index in [2.05, 4.69) is 4.90 Å². The quantitative estimate of drug-likeness (QED) is 0.670. The summed E-state index contributed by atoms with van der Waals surface area (Å²) in [5, 5.41) is 0. The number of hydrogen-bond acceptors (Lipinski definition) is 7. The molecule has 3 aliphatic rings. The molecule has 2 fully saturated rings. The number of ether oxygens (including phenoxy) is 3. The van der Waals surface area contributed by atoms with Crippen molar-refractivity contribution in [1.82, 2.24) is 14.1 Å². The minimum atomic E-state index is -3.58. The average molecular weight is 411 g/mol. The largest absolute Gasteiger partial charge is 0.485 e. The Labute approximate surface area is 164 Å². The molecule has 3 aliphatic heterocycles. The molecule has 1 atom stereocenters. The van der Waals surface area contributed by atoms with Crippen LogP contribution in [0.2, 0.25) is 0 Å². The molecule has 1 amide bonds. The van der Waals surface area contributed by atoms with Crippen molar-refractivity contribution >= 4 is 15.9 Å². The summed E-state index contributed by atoms with van der Waals surface area (Å²) in [5.41, 5.74) is 0.